The van der Waals surface area contributed by atoms with E-state index in [1.54, 1.807) is 6.92 Å². The summed E-state index contributed by atoms with van der Waals surface area (Å²) >= 11 is 0. The zero-order valence-corrected chi connectivity index (χ0v) is 5.99. The molecule has 0 saturated carbocycles. The zero-order chi connectivity index (χ0) is 7.44. The molecule has 0 atom stereocenters. The molecular weight excluding hydrogens is 122 g/mol. The molecule has 0 aromatic heterocycles. The summed E-state index contributed by atoms with van der Waals surface area (Å²) in [6.07, 6.45) is -1.31. The molecule has 0 bridgehead atoms. The first-order chi connectivity index (χ1) is 4.04. The van der Waals surface area contributed by atoms with Gasteiger partial charge in [0.2, 0.25) is 0 Å². The van der Waals surface area contributed by atoms with Crippen molar-refractivity contribution in [1.29, 1.82) is 0 Å². The Morgan fingerprint density at radius 1 is 1.33 bits per heavy atom. The highest BCUT2D eigenvalue weighted by Crippen LogP contribution is 2.10. The Kier molecular flexibility index (Phi) is 3.43. The number of rotatable bonds is 2. The Morgan fingerprint density at radius 3 is 1.89 bits per heavy atom. The Labute approximate surface area is 54.6 Å². The molecule has 0 unspecified atom stereocenters. The minimum atomic E-state index is -2.30. The van der Waals surface area contributed by atoms with Gasteiger partial charge in [-0.1, -0.05) is 19.4 Å². The predicted octanol–water partition coefficient (Wildman–Crippen LogP) is 2.85. The molecule has 0 rings (SSSR count). The highest BCUT2D eigenvalue weighted by molar-refractivity contribution is 5.01. The molecule has 0 heterocycles. The summed E-state index contributed by atoms with van der Waals surface area (Å²) in [5, 5.41) is 0. The minimum absolute atomic E-state index is 0.235. The lowest BCUT2D eigenvalue weighted by Crippen LogP contribution is -1.92. The third-order valence-corrected chi connectivity index (χ3v) is 1.30. The topological polar surface area (TPSA) is 0 Å². The Hall–Kier alpha value is -0.400. The molecule has 0 aliphatic carbocycles. The van der Waals surface area contributed by atoms with E-state index in [2.05, 4.69) is 0 Å². The SMILES string of the molecule is C/C(=C\C(F)F)C(C)C. The van der Waals surface area contributed by atoms with E-state index in [9.17, 15) is 8.78 Å². The summed E-state index contributed by atoms with van der Waals surface area (Å²) in [5.74, 6) is 0.235. The lowest BCUT2D eigenvalue weighted by atomic mass is 10.1. The quantitative estimate of drug-likeness (QED) is 0.509. The van der Waals surface area contributed by atoms with Crippen LogP contribution in [0.25, 0.3) is 0 Å². The van der Waals surface area contributed by atoms with E-state index < -0.39 is 6.43 Å². The highest BCUT2D eigenvalue weighted by Gasteiger charge is 2.00. The van der Waals surface area contributed by atoms with Crippen molar-refractivity contribution in [1.82, 2.24) is 0 Å². The van der Waals surface area contributed by atoms with Crippen LogP contribution in [0.5, 0.6) is 0 Å². The van der Waals surface area contributed by atoms with Gasteiger partial charge in [-0.05, 0) is 18.9 Å². The monoisotopic (exact) mass is 134 g/mol. The first kappa shape index (κ1) is 8.60. The van der Waals surface area contributed by atoms with Gasteiger partial charge in [0.05, 0.1) is 0 Å². The van der Waals surface area contributed by atoms with Crippen LogP contribution in [0, 0.1) is 5.92 Å². The van der Waals surface area contributed by atoms with Crippen LogP contribution in [0.1, 0.15) is 20.8 Å². The van der Waals surface area contributed by atoms with Crippen molar-refractivity contribution < 1.29 is 8.78 Å². The molecule has 0 radical (unpaired) electrons. The van der Waals surface area contributed by atoms with Gasteiger partial charge in [-0.25, -0.2) is 8.78 Å². The van der Waals surface area contributed by atoms with Gasteiger partial charge in [0, 0.05) is 0 Å². The molecule has 0 N–H and O–H groups in total. The molecule has 0 saturated heterocycles. The average Bonchev–Trinajstić information content (AvgIpc) is 1.63. The molecule has 0 aromatic rings. The maximum atomic E-state index is 11.6. The van der Waals surface area contributed by atoms with Gasteiger partial charge >= 0.3 is 0 Å². The van der Waals surface area contributed by atoms with Crippen molar-refractivity contribution in [2.24, 2.45) is 5.92 Å². The fourth-order valence-electron chi connectivity index (χ4n) is 0.391. The lowest BCUT2D eigenvalue weighted by Gasteiger charge is -2.02. The van der Waals surface area contributed by atoms with E-state index in [-0.39, 0.29) is 5.92 Å². The summed E-state index contributed by atoms with van der Waals surface area (Å²) in [5.41, 5.74) is 0.755. The van der Waals surface area contributed by atoms with Crippen molar-refractivity contribution >= 4 is 0 Å². The van der Waals surface area contributed by atoms with Gasteiger partial charge in [-0.15, -0.1) is 0 Å². The fourth-order valence-corrected chi connectivity index (χ4v) is 0.391. The van der Waals surface area contributed by atoms with E-state index in [4.69, 9.17) is 0 Å². The van der Waals surface area contributed by atoms with Gasteiger partial charge < -0.3 is 0 Å². The third kappa shape index (κ3) is 4.13. The molecule has 54 valence electrons. The molecule has 9 heavy (non-hydrogen) atoms. The third-order valence-electron chi connectivity index (χ3n) is 1.30. The first-order valence-corrected chi connectivity index (χ1v) is 3.00. The summed E-state index contributed by atoms with van der Waals surface area (Å²) in [6.45, 7) is 5.51. The molecule has 0 fully saturated rings. The average molecular weight is 134 g/mol. The minimum Gasteiger partial charge on any atom is -0.206 e. The Bertz CT molecular complexity index is 103. The van der Waals surface area contributed by atoms with Crippen LogP contribution in [-0.2, 0) is 0 Å². The van der Waals surface area contributed by atoms with E-state index >= 15 is 0 Å². The molecule has 2 heteroatoms. The van der Waals surface area contributed by atoms with Crippen LogP contribution in [-0.4, -0.2) is 6.43 Å². The van der Waals surface area contributed by atoms with Gasteiger partial charge in [-0.2, -0.15) is 0 Å². The highest BCUT2D eigenvalue weighted by atomic mass is 19.3. The summed E-state index contributed by atoms with van der Waals surface area (Å²) < 4.78 is 23.1. The molecule has 0 aromatic carbocycles. The predicted molar refractivity (Wildman–Crippen MR) is 34.6 cm³/mol. The molecule has 0 nitrogen and oxygen atoms in total. The van der Waals surface area contributed by atoms with Crippen LogP contribution in [0.2, 0.25) is 0 Å². The van der Waals surface area contributed by atoms with E-state index in [1.165, 1.54) is 0 Å². The van der Waals surface area contributed by atoms with Crippen molar-refractivity contribution in [2.75, 3.05) is 0 Å². The van der Waals surface area contributed by atoms with Gasteiger partial charge in [-0.3, -0.25) is 0 Å². The van der Waals surface area contributed by atoms with Crippen molar-refractivity contribution in [3.63, 3.8) is 0 Å². The zero-order valence-electron chi connectivity index (χ0n) is 5.99. The van der Waals surface area contributed by atoms with Crippen molar-refractivity contribution in [3.05, 3.63) is 11.6 Å². The summed E-state index contributed by atoms with van der Waals surface area (Å²) in [6, 6.07) is 0. The Morgan fingerprint density at radius 2 is 1.78 bits per heavy atom. The molecule has 0 aliphatic heterocycles. The second-order valence-electron chi connectivity index (χ2n) is 2.40. The second-order valence-corrected chi connectivity index (χ2v) is 2.40. The molecular formula is C7H12F2. The van der Waals surface area contributed by atoms with Crippen LogP contribution >= 0.6 is 0 Å². The van der Waals surface area contributed by atoms with E-state index in [0.29, 0.717) is 0 Å². The van der Waals surface area contributed by atoms with Crippen LogP contribution in [0.4, 0.5) is 8.78 Å². The Balaban J connectivity index is 3.84. The fraction of sp³-hybridized carbons (Fsp3) is 0.714. The van der Waals surface area contributed by atoms with Crippen LogP contribution in [0.3, 0.4) is 0 Å². The maximum absolute atomic E-state index is 11.6. The number of hydrogen-bond acceptors (Lipinski definition) is 0. The van der Waals surface area contributed by atoms with Crippen molar-refractivity contribution in [2.45, 2.75) is 27.2 Å². The number of hydrogen-bond donors (Lipinski definition) is 0. The van der Waals surface area contributed by atoms with Gasteiger partial charge in [0.1, 0.15) is 0 Å². The number of alkyl halides is 2. The smallest absolute Gasteiger partial charge is 0.206 e. The van der Waals surface area contributed by atoms with Crippen LogP contribution < -0.4 is 0 Å². The number of halogens is 2. The molecule has 0 amide bonds. The summed E-state index contributed by atoms with van der Waals surface area (Å²) in [4.78, 5) is 0. The second kappa shape index (κ2) is 3.59. The molecule has 0 spiro atoms. The molecule has 0 aliphatic rings. The van der Waals surface area contributed by atoms with Crippen LogP contribution in [0.15, 0.2) is 11.6 Å². The maximum Gasteiger partial charge on any atom is 0.257 e. The lowest BCUT2D eigenvalue weighted by molar-refractivity contribution is 0.202. The van der Waals surface area contributed by atoms with E-state index in [1.807, 2.05) is 13.8 Å². The standard InChI is InChI=1S/C7H12F2/c1-5(2)6(3)4-7(8)9/h4-5,7H,1-3H3/b6-4+. The van der Waals surface area contributed by atoms with Gasteiger partial charge in [0.25, 0.3) is 6.43 Å². The normalized spacial score (nSPS) is 13.4. The first-order valence-electron chi connectivity index (χ1n) is 3.00. The number of allylic oxidation sites excluding steroid dienone is 2. The van der Waals surface area contributed by atoms with Gasteiger partial charge in [0.15, 0.2) is 0 Å². The van der Waals surface area contributed by atoms with Crippen molar-refractivity contribution in [3.8, 4) is 0 Å². The largest absolute Gasteiger partial charge is 0.257 e. The summed E-state index contributed by atoms with van der Waals surface area (Å²) in [7, 11) is 0. The van der Waals surface area contributed by atoms with E-state index in [0.717, 1.165) is 11.6 Å².